The number of hydrogen-bond acceptors (Lipinski definition) is 2. The maximum Gasteiger partial charge on any atom is 0.241 e. The monoisotopic (exact) mass is 331 g/mol. The van der Waals surface area contributed by atoms with Crippen molar-refractivity contribution in [1.82, 2.24) is 4.72 Å². The lowest BCUT2D eigenvalue weighted by Gasteiger charge is -2.26. The highest BCUT2D eigenvalue weighted by atomic mass is 79.9. The summed E-state index contributed by atoms with van der Waals surface area (Å²) in [6, 6.07) is 5.31. The van der Waals surface area contributed by atoms with Gasteiger partial charge in [0.05, 0.1) is 4.90 Å². The molecule has 0 aromatic heterocycles. The number of aryl methyl sites for hydroxylation is 1. The standard InChI is InChI=1S/C13H18BrNO2S/c1-9-4-7-11(14)8-12(9)18(16,17)15-13(2,3)10-5-6-10/h4,7-8,10,15H,5-6H2,1-3H3. The van der Waals surface area contributed by atoms with Crippen LogP contribution in [0.25, 0.3) is 0 Å². The minimum Gasteiger partial charge on any atom is -0.207 e. The van der Waals surface area contributed by atoms with Gasteiger partial charge in [0.25, 0.3) is 0 Å². The number of benzene rings is 1. The Hall–Kier alpha value is -0.390. The summed E-state index contributed by atoms with van der Waals surface area (Å²) in [6.45, 7) is 5.72. The molecular weight excluding hydrogens is 314 g/mol. The molecule has 18 heavy (non-hydrogen) atoms. The molecular formula is C13H18BrNO2S. The summed E-state index contributed by atoms with van der Waals surface area (Å²) < 4.78 is 28.4. The highest BCUT2D eigenvalue weighted by Gasteiger charge is 2.40. The van der Waals surface area contributed by atoms with Crippen LogP contribution in [0.1, 0.15) is 32.3 Å². The third-order valence-corrected chi connectivity index (χ3v) is 5.74. The molecule has 1 aliphatic rings. The Balaban J connectivity index is 2.33. The second-order valence-electron chi connectivity index (χ2n) is 5.51. The van der Waals surface area contributed by atoms with Gasteiger partial charge in [-0.25, -0.2) is 13.1 Å². The summed E-state index contributed by atoms with van der Waals surface area (Å²) in [4.78, 5) is 0.352. The smallest absolute Gasteiger partial charge is 0.207 e. The Morgan fingerprint density at radius 3 is 2.50 bits per heavy atom. The van der Waals surface area contributed by atoms with Gasteiger partial charge >= 0.3 is 0 Å². The van der Waals surface area contributed by atoms with E-state index in [1.807, 2.05) is 32.9 Å². The molecule has 1 N–H and O–H groups in total. The van der Waals surface area contributed by atoms with E-state index in [-0.39, 0.29) is 5.54 Å². The molecule has 0 amide bonds. The lowest BCUT2D eigenvalue weighted by molar-refractivity contribution is 0.400. The number of halogens is 1. The van der Waals surface area contributed by atoms with Gasteiger partial charge in [0.1, 0.15) is 0 Å². The van der Waals surface area contributed by atoms with Crippen molar-refractivity contribution in [2.45, 2.75) is 44.0 Å². The largest absolute Gasteiger partial charge is 0.241 e. The number of hydrogen-bond donors (Lipinski definition) is 1. The van der Waals surface area contributed by atoms with Crippen LogP contribution in [0, 0.1) is 12.8 Å². The Morgan fingerprint density at radius 1 is 1.33 bits per heavy atom. The highest BCUT2D eigenvalue weighted by Crippen LogP contribution is 2.40. The zero-order chi connectivity index (χ0) is 13.6. The molecule has 1 aliphatic carbocycles. The second-order valence-corrected chi connectivity index (χ2v) is 8.08. The molecule has 0 bridgehead atoms. The van der Waals surface area contributed by atoms with Crippen molar-refractivity contribution in [3.05, 3.63) is 28.2 Å². The maximum atomic E-state index is 12.4. The lowest BCUT2D eigenvalue weighted by atomic mass is 10.0. The lowest BCUT2D eigenvalue weighted by Crippen LogP contribution is -2.45. The van der Waals surface area contributed by atoms with Gasteiger partial charge in [-0.3, -0.25) is 0 Å². The van der Waals surface area contributed by atoms with Crippen molar-refractivity contribution in [3.8, 4) is 0 Å². The van der Waals surface area contributed by atoms with Crippen molar-refractivity contribution >= 4 is 26.0 Å². The summed E-state index contributed by atoms with van der Waals surface area (Å²) in [5, 5.41) is 0. The molecule has 1 aromatic rings. The van der Waals surface area contributed by atoms with Gasteiger partial charge in [-0.1, -0.05) is 22.0 Å². The van der Waals surface area contributed by atoms with Crippen LogP contribution in [0.3, 0.4) is 0 Å². The summed E-state index contributed by atoms with van der Waals surface area (Å²) in [6.07, 6.45) is 2.21. The van der Waals surface area contributed by atoms with E-state index in [0.717, 1.165) is 22.9 Å². The van der Waals surface area contributed by atoms with E-state index in [2.05, 4.69) is 20.7 Å². The predicted octanol–water partition coefficient (Wildman–Crippen LogP) is 3.22. The third-order valence-electron chi connectivity index (χ3n) is 3.44. The normalized spacial score (nSPS) is 16.9. The van der Waals surface area contributed by atoms with Crippen LogP contribution in [0.4, 0.5) is 0 Å². The molecule has 0 aliphatic heterocycles. The van der Waals surface area contributed by atoms with Gasteiger partial charge < -0.3 is 0 Å². The van der Waals surface area contributed by atoms with E-state index >= 15 is 0 Å². The Bertz CT molecular complexity index is 562. The van der Waals surface area contributed by atoms with E-state index in [1.165, 1.54) is 0 Å². The molecule has 1 saturated carbocycles. The molecule has 0 spiro atoms. The van der Waals surface area contributed by atoms with Crippen molar-refractivity contribution in [2.75, 3.05) is 0 Å². The second kappa shape index (κ2) is 4.62. The summed E-state index contributed by atoms with van der Waals surface area (Å²) in [5.41, 5.74) is 0.394. The first-order valence-corrected chi connectivity index (χ1v) is 8.30. The molecule has 0 unspecified atom stereocenters. The third kappa shape index (κ3) is 2.95. The fourth-order valence-electron chi connectivity index (χ4n) is 2.15. The number of sulfonamides is 1. The zero-order valence-electron chi connectivity index (χ0n) is 10.8. The van der Waals surface area contributed by atoms with E-state index in [4.69, 9.17) is 0 Å². The van der Waals surface area contributed by atoms with Gasteiger partial charge in [0.15, 0.2) is 0 Å². The van der Waals surface area contributed by atoms with Crippen LogP contribution in [-0.2, 0) is 10.0 Å². The van der Waals surface area contributed by atoms with Crippen molar-refractivity contribution in [2.24, 2.45) is 5.92 Å². The Kier molecular flexibility index (Phi) is 3.60. The average Bonchev–Trinajstić information content (AvgIpc) is 3.03. The van der Waals surface area contributed by atoms with Crippen molar-refractivity contribution in [3.63, 3.8) is 0 Å². The van der Waals surface area contributed by atoms with E-state index in [9.17, 15) is 8.42 Å². The highest BCUT2D eigenvalue weighted by molar-refractivity contribution is 9.10. The van der Waals surface area contributed by atoms with Gasteiger partial charge in [0.2, 0.25) is 10.0 Å². The first kappa shape index (κ1) is 14.0. The van der Waals surface area contributed by atoms with Crippen LogP contribution in [0.2, 0.25) is 0 Å². The average molecular weight is 332 g/mol. The number of nitrogens with one attached hydrogen (secondary N) is 1. The van der Waals surface area contributed by atoms with Crippen molar-refractivity contribution in [1.29, 1.82) is 0 Å². The summed E-state index contributed by atoms with van der Waals surface area (Å²) >= 11 is 3.32. The molecule has 1 aromatic carbocycles. The molecule has 2 rings (SSSR count). The molecule has 0 saturated heterocycles. The zero-order valence-corrected chi connectivity index (χ0v) is 13.2. The van der Waals surface area contributed by atoms with Crippen LogP contribution < -0.4 is 4.72 Å². The minimum absolute atomic E-state index is 0.352. The van der Waals surface area contributed by atoms with Crippen LogP contribution in [0.15, 0.2) is 27.6 Å². The van der Waals surface area contributed by atoms with Crippen LogP contribution in [0.5, 0.6) is 0 Å². The van der Waals surface area contributed by atoms with Gasteiger partial charge in [-0.2, -0.15) is 0 Å². The molecule has 1 fully saturated rings. The first-order valence-electron chi connectivity index (χ1n) is 6.02. The van der Waals surface area contributed by atoms with E-state index < -0.39 is 10.0 Å². The maximum absolute atomic E-state index is 12.4. The molecule has 0 heterocycles. The molecule has 100 valence electrons. The SMILES string of the molecule is Cc1ccc(Br)cc1S(=O)(=O)NC(C)(C)C1CC1. The molecule has 5 heteroatoms. The van der Waals surface area contributed by atoms with Crippen molar-refractivity contribution < 1.29 is 8.42 Å². The Labute approximate surface area is 117 Å². The molecule has 3 nitrogen and oxygen atoms in total. The molecule has 0 radical (unpaired) electrons. The predicted molar refractivity (Wildman–Crippen MR) is 76.0 cm³/mol. The summed E-state index contributed by atoms with van der Waals surface area (Å²) in [7, 11) is -3.46. The number of rotatable bonds is 4. The van der Waals surface area contributed by atoms with Crippen LogP contribution in [-0.4, -0.2) is 14.0 Å². The fraction of sp³-hybridized carbons (Fsp3) is 0.538. The quantitative estimate of drug-likeness (QED) is 0.920. The minimum atomic E-state index is -3.46. The van der Waals surface area contributed by atoms with Gasteiger partial charge in [0, 0.05) is 10.0 Å². The fourth-order valence-corrected chi connectivity index (χ4v) is 4.41. The van der Waals surface area contributed by atoms with Gasteiger partial charge in [-0.05, 0) is 57.2 Å². The first-order chi connectivity index (χ1) is 8.22. The Morgan fingerprint density at radius 2 is 1.94 bits per heavy atom. The van der Waals surface area contributed by atoms with E-state index in [1.54, 1.807) is 6.07 Å². The van der Waals surface area contributed by atoms with Gasteiger partial charge in [-0.15, -0.1) is 0 Å². The van der Waals surface area contributed by atoms with Crippen LogP contribution >= 0.6 is 15.9 Å². The topological polar surface area (TPSA) is 46.2 Å². The summed E-state index contributed by atoms with van der Waals surface area (Å²) in [5.74, 6) is 0.458. The van der Waals surface area contributed by atoms with E-state index in [0.29, 0.717) is 10.8 Å². The molecule has 0 atom stereocenters.